The van der Waals surface area contributed by atoms with Crippen molar-refractivity contribution < 1.29 is 19.0 Å². The standard InChI is InChI=1S/C15H15ClN2O4/c1-20-9-22-13-10(15(19)21-2)5-3-7-12(13)18-14-11(16)6-4-8-17-14/h3-8H,9H2,1-2H3,(H,17,18). The number of methoxy groups -OCH3 is 2. The molecule has 2 rings (SSSR count). The van der Waals surface area contributed by atoms with Crippen molar-refractivity contribution >= 4 is 29.1 Å². The van der Waals surface area contributed by atoms with Gasteiger partial charge in [0, 0.05) is 13.3 Å². The molecule has 0 radical (unpaired) electrons. The van der Waals surface area contributed by atoms with Gasteiger partial charge in [-0.25, -0.2) is 9.78 Å². The van der Waals surface area contributed by atoms with Gasteiger partial charge in [-0.05, 0) is 24.3 Å². The molecule has 0 atom stereocenters. The lowest BCUT2D eigenvalue weighted by Gasteiger charge is -2.15. The minimum atomic E-state index is -0.512. The van der Waals surface area contributed by atoms with Gasteiger partial charge in [0.1, 0.15) is 11.4 Å². The van der Waals surface area contributed by atoms with Gasteiger partial charge in [-0.15, -0.1) is 0 Å². The third-order valence-electron chi connectivity index (χ3n) is 2.75. The number of benzene rings is 1. The number of hydrogen-bond acceptors (Lipinski definition) is 6. The van der Waals surface area contributed by atoms with Gasteiger partial charge in [-0.3, -0.25) is 0 Å². The van der Waals surface area contributed by atoms with Crippen LogP contribution in [0.5, 0.6) is 5.75 Å². The molecule has 0 aliphatic heterocycles. The number of rotatable bonds is 6. The fourth-order valence-corrected chi connectivity index (χ4v) is 1.95. The van der Waals surface area contributed by atoms with Crippen LogP contribution in [0.3, 0.4) is 0 Å². The number of ether oxygens (including phenoxy) is 3. The van der Waals surface area contributed by atoms with Crippen LogP contribution in [0.1, 0.15) is 10.4 Å². The summed E-state index contributed by atoms with van der Waals surface area (Å²) in [4.78, 5) is 16.0. The van der Waals surface area contributed by atoms with E-state index in [0.717, 1.165) is 0 Å². The van der Waals surface area contributed by atoms with E-state index in [-0.39, 0.29) is 12.4 Å². The zero-order valence-electron chi connectivity index (χ0n) is 12.1. The Morgan fingerprint density at radius 1 is 1.27 bits per heavy atom. The monoisotopic (exact) mass is 322 g/mol. The maximum atomic E-state index is 11.9. The van der Waals surface area contributed by atoms with Gasteiger partial charge in [-0.2, -0.15) is 0 Å². The summed E-state index contributed by atoms with van der Waals surface area (Å²) in [6.45, 7) is -0.0152. The Kier molecular flexibility index (Phi) is 5.57. The van der Waals surface area contributed by atoms with Crippen LogP contribution in [0.2, 0.25) is 5.02 Å². The molecule has 0 bridgehead atoms. The molecule has 0 aliphatic carbocycles. The number of carbonyl (C=O) groups is 1. The van der Waals surface area contributed by atoms with Crippen LogP contribution < -0.4 is 10.1 Å². The van der Waals surface area contributed by atoms with Crippen LogP contribution in [0.15, 0.2) is 36.5 Å². The maximum absolute atomic E-state index is 11.9. The number of halogens is 1. The molecule has 1 heterocycles. The van der Waals surface area contributed by atoms with Gasteiger partial charge in [0.2, 0.25) is 0 Å². The first-order valence-electron chi connectivity index (χ1n) is 6.38. The predicted octanol–water partition coefficient (Wildman–Crippen LogP) is 3.25. The Bertz CT molecular complexity index is 664. The summed E-state index contributed by atoms with van der Waals surface area (Å²) in [6, 6.07) is 8.47. The Balaban J connectivity index is 2.41. The number of nitrogens with zero attached hydrogens (tertiary/aromatic N) is 1. The number of pyridine rings is 1. The number of carbonyl (C=O) groups excluding carboxylic acids is 1. The van der Waals surface area contributed by atoms with E-state index < -0.39 is 5.97 Å². The molecule has 22 heavy (non-hydrogen) atoms. The smallest absolute Gasteiger partial charge is 0.341 e. The average molecular weight is 323 g/mol. The average Bonchev–Trinajstić information content (AvgIpc) is 2.54. The van der Waals surface area contributed by atoms with Crippen molar-refractivity contribution in [1.29, 1.82) is 0 Å². The highest BCUT2D eigenvalue weighted by atomic mass is 35.5. The molecular formula is C15H15ClN2O4. The Hall–Kier alpha value is -2.31. The largest absolute Gasteiger partial charge is 0.465 e. The summed E-state index contributed by atoms with van der Waals surface area (Å²) in [6.07, 6.45) is 1.61. The summed E-state index contributed by atoms with van der Waals surface area (Å²) in [5.41, 5.74) is 0.803. The van der Waals surface area contributed by atoms with Crippen molar-refractivity contribution in [2.45, 2.75) is 0 Å². The molecule has 1 aromatic heterocycles. The van der Waals surface area contributed by atoms with Crippen molar-refractivity contribution in [1.82, 2.24) is 4.98 Å². The quantitative estimate of drug-likeness (QED) is 0.650. The summed E-state index contributed by atoms with van der Waals surface area (Å²) in [5, 5.41) is 3.49. The second kappa shape index (κ2) is 7.63. The molecule has 0 unspecified atom stereocenters. The maximum Gasteiger partial charge on any atom is 0.341 e. The van der Waals surface area contributed by atoms with Crippen molar-refractivity contribution in [2.24, 2.45) is 0 Å². The highest BCUT2D eigenvalue weighted by Gasteiger charge is 2.18. The first-order chi connectivity index (χ1) is 10.7. The van der Waals surface area contributed by atoms with Gasteiger partial charge in [0.15, 0.2) is 12.5 Å². The van der Waals surface area contributed by atoms with Crippen molar-refractivity contribution in [3.63, 3.8) is 0 Å². The van der Waals surface area contributed by atoms with Crippen LogP contribution in [-0.4, -0.2) is 32.0 Å². The summed E-state index contributed by atoms with van der Waals surface area (Å²) in [5.74, 6) is 0.244. The number of nitrogens with one attached hydrogen (secondary N) is 1. The number of hydrogen-bond donors (Lipinski definition) is 1. The lowest BCUT2D eigenvalue weighted by Crippen LogP contribution is -2.09. The fraction of sp³-hybridized carbons (Fsp3) is 0.200. The molecular weight excluding hydrogens is 308 g/mol. The molecule has 0 saturated carbocycles. The highest BCUT2D eigenvalue weighted by molar-refractivity contribution is 6.33. The third kappa shape index (κ3) is 3.66. The molecule has 7 heteroatoms. The molecule has 1 aromatic carbocycles. The topological polar surface area (TPSA) is 69.7 Å². The van der Waals surface area contributed by atoms with Gasteiger partial charge in [0.25, 0.3) is 0 Å². The first kappa shape index (κ1) is 16.1. The minimum absolute atomic E-state index is 0.0152. The molecule has 0 amide bonds. The molecule has 0 fully saturated rings. The number of esters is 1. The molecule has 6 nitrogen and oxygen atoms in total. The zero-order chi connectivity index (χ0) is 15.9. The molecule has 0 saturated heterocycles. The third-order valence-corrected chi connectivity index (χ3v) is 3.06. The van der Waals surface area contributed by atoms with E-state index in [1.54, 1.807) is 36.5 Å². The normalized spacial score (nSPS) is 10.1. The van der Waals surface area contributed by atoms with Crippen LogP contribution in [0.4, 0.5) is 11.5 Å². The number of anilines is 2. The van der Waals surface area contributed by atoms with E-state index >= 15 is 0 Å². The lowest BCUT2D eigenvalue weighted by atomic mass is 10.1. The molecule has 0 aliphatic rings. The molecule has 0 spiro atoms. The Morgan fingerprint density at radius 3 is 2.77 bits per heavy atom. The first-order valence-corrected chi connectivity index (χ1v) is 6.75. The molecule has 2 aromatic rings. The SMILES string of the molecule is COCOc1c(Nc2ncccc2Cl)cccc1C(=O)OC. The Morgan fingerprint density at radius 2 is 2.09 bits per heavy atom. The van der Waals surface area contributed by atoms with E-state index in [2.05, 4.69) is 10.3 Å². The minimum Gasteiger partial charge on any atom is -0.465 e. The predicted molar refractivity (Wildman–Crippen MR) is 82.8 cm³/mol. The summed E-state index contributed by atoms with van der Waals surface area (Å²) in [7, 11) is 2.79. The van der Waals surface area contributed by atoms with Gasteiger partial charge >= 0.3 is 5.97 Å². The second-order valence-corrected chi connectivity index (χ2v) is 4.59. The van der Waals surface area contributed by atoms with Gasteiger partial charge in [-0.1, -0.05) is 17.7 Å². The fourth-order valence-electron chi connectivity index (χ4n) is 1.78. The van der Waals surface area contributed by atoms with E-state index in [1.165, 1.54) is 14.2 Å². The van der Waals surface area contributed by atoms with Crippen molar-refractivity contribution in [3.8, 4) is 5.75 Å². The van der Waals surface area contributed by atoms with Gasteiger partial charge in [0.05, 0.1) is 17.8 Å². The van der Waals surface area contributed by atoms with Gasteiger partial charge < -0.3 is 19.5 Å². The van der Waals surface area contributed by atoms with E-state index in [4.69, 9.17) is 25.8 Å². The molecule has 1 N–H and O–H groups in total. The van der Waals surface area contributed by atoms with Crippen LogP contribution in [-0.2, 0) is 9.47 Å². The van der Waals surface area contributed by atoms with E-state index in [0.29, 0.717) is 22.3 Å². The summed E-state index contributed by atoms with van der Waals surface area (Å²) < 4.78 is 15.2. The summed E-state index contributed by atoms with van der Waals surface area (Å²) >= 11 is 6.08. The van der Waals surface area contributed by atoms with E-state index in [9.17, 15) is 4.79 Å². The highest BCUT2D eigenvalue weighted by Crippen LogP contribution is 2.33. The van der Waals surface area contributed by atoms with E-state index in [1.807, 2.05) is 0 Å². The molecule has 116 valence electrons. The second-order valence-electron chi connectivity index (χ2n) is 4.18. The Labute approximate surface area is 133 Å². The number of para-hydroxylation sites is 1. The zero-order valence-corrected chi connectivity index (χ0v) is 12.9. The number of aromatic nitrogens is 1. The van der Waals surface area contributed by atoms with Crippen LogP contribution >= 0.6 is 11.6 Å². The van der Waals surface area contributed by atoms with Crippen molar-refractivity contribution in [3.05, 3.63) is 47.1 Å². The van der Waals surface area contributed by atoms with Crippen LogP contribution in [0, 0.1) is 0 Å². The van der Waals surface area contributed by atoms with Crippen LogP contribution in [0.25, 0.3) is 0 Å². The lowest BCUT2D eigenvalue weighted by molar-refractivity contribution is 0.0469. The van der Waals surface area contributed by atoms with Crippen molar-refractivity contribution in [2.75, 3.05) is 26.3 Å².